The van der Waals surface area contributed by atoms with Crippen molar-refractivity contribution >= 4 is 34.2 Å². The van der Waals surface area contributed by atoms with Gasteiger partial charge in [0.15, 0.2) is 0 Å². The number of benzene rings is 2. The standard InChI is InChI=1S/C24H26ClN3O3/c25-17-6-7-18-19(8-9-27-22(18)16-17)23-20(4-3-5-21(23)26)24(29)31-15-14-30-13-12-28-10-1-2-11-28/h3-9,16H,1-2,10-15,26H2. The second-order valence-corrected chi connectivity index (χ2v) is 8.02. The van der Waals surface area contributed by atoms with E-state index in [1.54, 1.807) is 36.5 Å². The molecule has 4 rings (SSSR count). The fourth-order valence-electron chi connectivity index (χ4n) is 3.95. The Morgan fingerprint density at radius 1 is 1.10 bits per heavy atom. The van der Waals surface area contributed by atoms with Gasteiger partial charge in [-0.2, -0.15) is 0 Å². The maximum absolute atomic E-state index is 12.8. The van der Waals surface area contributed by atoms with Gasteiger partial charge in [0.1, 0.15) is 6.61 Å². The quantitative estimate of drug-likeness (QED) is 0.318. The zero-order valence-corrected chi connectivity index (χ0v) is 18.1. The molecule has 1 saturated heterocycles. The largest absolute Gasteiger partial charge is 0.460 e. The number of nitrogen functional groups attached to an aromatic ring is 1. The van der Waals surface area contributed by atoms with Gasteiger partial charge in [0, 0.05) is 34.4 Å². The third-order valence-corrected chi connectivity index (χ3v) is 5.74. The molecule has 1 fully saturated rings. The number of pyridine rings is 1. The Morgan fingerprint density at radius 2 is 1.94 bits per heavy atom. The van der Waals surface area contributed by atoms with E-state index in [1.807, 2.05) is 12.1 Å². The second kappa shape index (κ2) is 10.1. The van der Waals surface area contributed by atoms with E-state index in [0.29, 0.717) is 35.1 Å². The third-order valence-electron chi connectivity index (χ3n) is 5.50. The molecule has 1 aliphatic rings. The van der Waals surface area contributed by atoms with Crippen molar-refractivity contribution < 1.29 is 14.3 Å². The number of fused-ring (bicyclic) bond motifs is 1. The van der Waals surface area contributed by atoms with Crippen molar-refractivity contribution in [2.75, 3.05) is 45.2 Å². The first-order chi connectivity index (χ1) is 15.1. The van der Waals surface area contributed by atoms with E-state index in [2.05, 4.69) is 9.88 Å². The Labute approximate surface area is 186 Å². The van der Waals surface area contributed by atoms with Gasteiger partial charge in [0.2, 0.25) is 0 Å². The molecule has 7 heteroatoms. The van der Waals surface area contributed by atoms with Crippen LogP contribution in [0.2, 0.25) is 5.02 Å². The average Bonchev–Trinajstić information content (AvgIpc) is 3.29. The molecule has 0 spiro atoms. The maximum Gasteiger partial charge on any atom is 0.338 e. The van der Waals surface area contributed by atoms with E-state index in [0.717, 1.165) is 36.1 Å². The summed E-state index contributed by atoms with van der Waals surface area (Å²) in [6.07, 6.45) is 4.21. The van der Waals surface area contributed by atoms with Crippen LogP contribution in [0.5, 0.6) is 0 Å². The zero-order valence-electron chi connectivity index (χ0n) is 17.4. The van der Waals surface area contributed by atoms with Gasteiger partial charge in [-0.25, -0.2) is 4.79 Å². The van der Waals surface area contributed by atoms with E-state index >= 15 is 0 Å². The highest BCUT2D eigenvalue weighted by Gasteiger charge is 2.19. The van der Waals surface area contributed by atoms with Crippen LogP contribution < -0.4 is 5.73 Å². The van der Waals surface area contributed by atoms with E-state index in [4.69, 9.17) is 26.8 Å². The minimum atomic E-state index is -0.427. The van der Waals surface area contributed by atoms with Crippen LogP contribution >= 0.6 is 11.6 Å². The number of aromatic nitrogens is 1. The van der Waals surface area contributed by atoms with Gasteiger partial charge in [0.25, 0.3) is 0 Å². The van der Waals surface area contributed by atoms with Gasteiger partial charge in [0.05, 0.1) is 24.3 Å². The second-order valence-electron chi connectivity index (χ2n) is 7.59. The summed E-state index contributed by atoms with van der Waals surface area (Å²) in [5, 5.41) is 1.46. The highest BCUT2D eigenvalue weighted by atomic mass is 35.5. The van der Waals surface area contributed by atoms with Crippen molar-refractivity contribution in [3.63, 3.8) is 0 Å². The molecule has 0 atom stereocenters. The predicted molar refractivity (Wildman–Crippen MR) is 123 cm³/mol. The Kier molecular flexibility index (Phi) is 7.02. The van der Waals surface area contributed by atoms with Gasteiger partial charge in [-0.05, 0) is 61.8 Å². The highest BCUT2D eigenvalue weighted by Crippen LogP contribution is 2.35. The monoisotopic (exact) mass is 439 g/mol. The first-order valence-corrected chi connectivity index (χ1v) is 10.9. The number of ether oxygens (including phenoxy) is 2. The summed E-state index contributed by atoms with van der Waals surface area (Å²) in [5.74, 6) is -0.427. The Balaban J connectivity index is 1.45. The van der Waals surface area contributed by atoms with E-state index in [9.17, 15) is 4.79 Å². The normalized spacial score (nSPS) is 14.2. The van der Waals surface area contributed by atoms with Crippen molar-refractivity contribution in [2.45, 2.75) is 12.8 Å². The first kappa shape index (κ1) is 21.6. The molecule has 3 aromatic rings. The Bertz CT molecular complexity index is 1070. The number of anilines is 1. The van der Waals surface area contributed by atoms with Crippen LogP contribution in [-0.2, 0) is 9.47 Å². The van der Waals surface area contributed by atoms with Gasteiger partial charge in [-0.1, -0.05) is 23.7 Å². The molecule has 2 N–H and O–H groups in total. The van der Waals surface area contributed by atoms with Crippen molar-refractivity contribution in [3.8, 4) is 11.1 Å². The van der Waals surface area contributed by atoms with Crippen LogP contribution in [0.4, 0.5) is 5.69 Å². The minimum absolute atomic E-state index is 0.194. The molecule has 162 valence electrons. The molecule has 0 saturated carbocycles. The minimum Gasteiger partial charge on any atom is -0.460 e. The van der Waals surface area contributed by atoms with Gasteiger partial charge < -0.3 is 20.1 Å². The average molecular weight is 440 g/mol. The molecule has 0 bridgehead atoms. The molecule has 0 radical (unpaired) electrons. The van der Waals surface area contributed by atoms with Crippen molar-refractivity contribution in [3.05, 3.63) is 59.2 Å². The van der Waals surface area contributed by atoms with Crippen LogP contribution in [0, 0.1) is 0 Å². The van der Waals surface area contributed by atoms with Crippen molar-refractivity contribution in [1.82, 2.24) is 9.88 Å². The number of hydrogen-bond acceptors (Lipinski definition) is 6. The molecule has 1 aliphatic heterocycles. The summed E-state index contributed by atoms with van der Waals surface area (Å²) < 4.78 is 11.1. The van der Waals surface area contributed by atoms with Crippen molar-refractivity contribution in [1.29, 1.82) is 0 Å². The van der Waals surface area contributed by atoms with Crippen LogP contribution in [0.3, 0.4) is 0 Å². The lowest BCUT2D eigenvalue weighted by Crippen LogP contribution is -2.24. The third kappa shape index (κ3) is 5.15. The molecule has 0 aliphatic carbocycles. The molecule has 31 heavy (non-hydrogen) atoms. The summed E-state index contributed by atoms with van der Waals surface area (Å²) in [4.78, 5) is 19.6. The summed E-state index contributed by atoms with van der Waals surface area (Å²) in [5.41, 5.74) is 9.38. The fourth-order valence-corrected chi connectivity index (χ4v) is 4.12. The SMILES string of the molecule is Nc1cccc(C(=O)OCCOCCN2CCCC2)c1-c1ccnc2cc(Cl)ccc12. The number of halogens is 1. The topological polar surface area (TPSA) is 77.7 Å². The van der Waals surface area contributed by atoms with Crippen LogP contribution in [0.15, 0.2) is 48.7 Å². The molecular weight excluding hydrogens is 414 g/mol. The Hall–Kier alpha value is -2.67. The number of esters is 1. The molecule has 6 nitrogen and oxygen atoms in total. The smallest absolute Gasteiger partial charge is 0.338 e. The lowest BCUT2D eigenvalue weighted by molar-refractivity contribution is 0.0292. The summed E-state index contributed by atoms with van der Waals surface area (Å²) in [6, 6.07) is 12.6. The van der Waals surface area contributed by atoms with E-state index in [-0.39, 0.29) is 6.61 Å². The molecule has 0 unspecified atom stereocenters. The van der Waals surface area contributed by atoms with Gasteiger partial charge in [-0.3, -0.25) is 4.98 Å². The van der Waals surface area contributed by atoms with Gasteiger partial charge in [-0.15, -0.1) is 0 Å². The number of rotatable bonds is 8. The lowest BCUT2D eigenvalue weighted by atomic mass is 9.95. The van der Waals surface area contributed by atoms with Crippen LogP contribution in [0.1, 0.15) is 23.2 Å². The number of carbonyl (C=O) groups excluding carboxylic acids is 1. The summed E-state index contributed by atoms with van der Waals surface area (Å²) >= 11 is 6.11. The molecule has 2 heterocycles. The fraction of sp³-hybridized carbons (Fsp3) is 0.333. The first-order valence-electron chi connectivity index (χ1n) is 10.5. The maximum atomic E-state index is 12.8. The van der Waals surface area contributed by atoms with Crippen LogP contribution in [-0.4, -0.2) is 55.3 Å². The zero-order chi connectivity index (χ0) is 21.6. The summed E-state index contributed by atoms with van der Waals surface area (Å²) in [7, 11) is 0. The summed E-state index contributed by atoms with van der Waals surface area (Å²) in [6.45, 7) is 4.42. The van der Waals surface area contributed by atoms with E-state index in [1.165, 1.54) is 12.8 Å². The molecule has 0 amide bonds. The predicted octanol–water partition coefficient (Wildman–Crippen LogP) is 4.41. The van der Waals surface area contributed by atoms with Crippen molar-refractivity contribution in [2.24, 2.45) is 0 Å². The van der Waals surface area contributed by atoms with Crippen LogP contribution in [0.25, 0.3) is 22.0 Å². The Morgan fingerprint density at radius 3 is 2.77 bits per heavy atom. The number of nitrogens with zero attached hydrogens (tertiary/aromatic N) is 2. The molecule has 1 aromatic heterocycles. The molecular formula is C24H26ClN3O3. The number of hydrogen-bond donors (Lipinski definition) is 1. The number of carbonyl (C=O) groups is 1. The highest BCUT2D eigenvalue weighted by molar-refractivity contribution is 6.31. The number of likely N-dealkylation sites (tertiary alicyclic amines) is 1. The lowest BCUT2D eigenvalue weighted by Gasteiger charge is -2.15. The van der Waals surface area contributed by atoms with Gasteiger partial charge >= 0.3 is 5.97 Å². The van der Waals surface area contributed by atoms with E-state index < -0.39 is 5.97 Å². The molecule has 2 aromatic carbocycles. The number of nitrogens with two attached hydrogens (primary N) is 1.